The maximum Gasteiger partial charge on any atom is 0.330 e. The van der Waals surface area contributed by atoms with E-state index in [-0.39, 0.29) is 60.1 Å². The summed E-state index contributed by atoms with van der Waals surface area (Å²) in [5.74, 6) is -1.05. The summed E-state index contributed by atoms with van der Waals surface area (Å²) in [7, 11) is 1.41. The van der Waals surface area contributed by atoms with Crippen LogP contribution < -0.4 is 0 Å². The lowest BCUT2D eigenvalue weighted by Crippen LogP contribution is -2.48. The largest absolute Gasteiger partial charge is 0.469 e. The van der Waals surface area contributed by atoms with Crippen molar-refractivity contribution in [1.29, 1.82) is 0 Å². The van der Waals surface area contributed by atoms with Gasteiger partial charge in [0.15, 0.2) is 5.79 Å². The molecular formula is C30H48O9. The molecule has 3 saturated heterocycles. The zero-order chi connectivity index (χ0) is 28.6. The van der Waals surface area contributed by atoms with Gasteiger partial charge in [-0.15, -0.1) is 0 Å². The SMILES string of the molecule is COC(=O)CCCCCCCCOC(=O)/C=C(\C)CC1OCC(CC2OC2C(C)C(C)=O)C2OC(C)(C)OC12. The Hall–Kier alpha value is -1.81. The summed E-state index contributed by atoms with van der Waals surface area (Å²) in [5, 5.41) is 0. The average molecular weight is 553 g/mol. The molecule has 0 aliphatic carbocycles. The third-order valence-electron chi connectivity index (χ3n) is 7.94. The van der Waals surface area contributed by atoms with E-state index in [2.05, 4.69) is 4.74 Å². The molecular weight excluding hydrogens is 504 g/mol. The van der Waals surface area contributed by atoms with Crippen molar-refractivity contribution in [1.82, 2.24) is 0 Å². The molecule has 7 unspecified atom stereocenters. The predicted molar refractivity (Wildman–Crippen MR) is 144 cm³/mol. The highest BCUT2D eigenvalue weighted by Gasteiger charge is 2.54. The van der Waals surface area contributed by atoms with Crippen LogP contribution in [0, 0.1) is 11.8 Å². The Balaban J connectivity index is 1.38. The van der Waals surface area contributed by atoms with Crippen LogP contribution in [0.25, 0.3) is 0 Å². The van der Waals surface area contributed by atoms with Crippen LogP contribution in [0.1, 0.15) is 92.4 Å². The second-order valence-electron chi connectivity index (χ2n) is 11.8. The number of fused-ring (bicyclic) bond motifs is 1. The van der Waals surface area contributed by atoms with E-state index in [4.69, 9.17) is 23.7 Å². The van der Waals surface area contributed by atoms with Gasteiger partial charge in [0.25, 0.3) is 0 Å². The van der Waals surface area contributed by atoms with Crippen LogP contribution >= 0.6 is 0 Å². The van der Waals surface area contributed by atoms with Gasteiger partial charge in [-0.2, -0.15) is 0 Å². The Morgan fingerprint density at radius 1 is 0.974 bits per heavy atom. The molecule has 9 nitrogen and oxygen atoms in total. The fourth-order valence-electron chi connectivity index (χ4n) is 5.57. The lowest BCUT2D eigenvalue weighted by atomic mass is 9.85. The monoisotopic (exact) mass is 552 g/mol. The van der Waals surface area contributed by atoms with Crippen LogP contribution in [0.5, 0.6) is 0 Å². The highest BCUT2D eigenvalue weighted by Crippen LogP contribution is 2.44. The summed E-state index contributed by atoms with van der Waals surface area (Å²) in [4.78, 5) is 35.1. The van der Waals surface area contributed by atoms with Gasteiger partial charge in [-0.3, -0.25) is 9.59 Å². The van der Waals surface area contributed by atoms with Crippen molar-refractivity contribution in [3.8, 4) is 0 Å². The summed E-state index contributed by atoms with van der Waals surface area (Å²) in [6.07, 6.45) is 8.55. The lowest BCUT2D eigenvalue weighted by molar-refractivity contribution is -0.153. The van der Waals surface area contributed by atoms with E-state index in [1.165, 1.54) is 7.11 Å². The molecule has 7 atom stereocenters. The van der Waals surface area contributed by atoms with E-state index in [9.17, 15) is 14.4 Å². The first-order valence-corrected chi connectivity index (χ1v) is 14.5. The number of Topliss-reactive ketones (excluding diaryl/α,β-unsaturated/α-hetero) is 1. The number of hydrogen-bond acceptors (Lipinski definition) is 9. The molecule has 0 aromatic heterocycles. The number of ether oxygens (including phenoxy) is 6. The Labute approximate surface area is 233 Å². The number of ketones is 1. The number of rotatable bonds is 16. The van der Waals surface area contributed by atoms with Crippen molar-refractivity contribution < 1.29 is 42.8 Å². The molecule has 3 heterocycles. The van der Waals surface area contributed by atoms with Gasteiger partial charge in [-0.25, -0.2) is 4.79 Å². The van der Waals surface area contributed by atoms with Crippen LogP contribution in [-0.4, -0.2) is 74.4 Å². The topological polar surface area (TPSA) is 110 Å². The number of unbranched alkanes of at least 4 members (excludes halogenated alkanes) is 5. The van der Waals surface area contributed by atoms with E-state index in [1.807, 2.05) is 27.7 Å². The number of epoxide rings is 1. The highest BCUT2D eigenvalue weighted by molar-refractivity contribution is 5.82. The highest BCUT2D eigenvalue weighted by atomic mass is 16.8. The zero-order valence-electron chi connectivity index (χ0n) is 24.6. The van der Waals surface area contributed by atoms with Gasteiger partial charge in [0, 0.05) is 24.3 Å². The minimum atomic E-state index is -0.714. The molecule has 0 N–H and O–H groups in total. The third kappa shape index (κ3) is 9.95. The minimum Gasteiger partial charge on any atom is -0.469 e. The maximum absolute atomic E-state index is 12.3. The first kappa shape index (κ1) is 31.7. The van der Waals surface area contributed by atoms with Crippen LogP contribution in [0.4, 0.5) is 0 Å². The van der Waals surface area contributed by atoms with Crippen LogP contribution in [0.3, 0.4) is 0 Å². The molecule has 0 bridgehead atoms. The summed E-state index contributed by atoms with van der Waals surface area (Å²) in [6, 6.07) is 0. The molecule has 0 radical (unpaired) electrons. The molecule has 3 fully saturated rings. The summed E-state index contributed by atoms with van der Waals surface area (Å²) < 4.78 is 34.6. The standard InChI is InChI=1S/C30H48O9/c1-19(16-26(33)35-14-12-10-8-7-9-11-13-25(32)34-6)15-23-29-28(38-30(4,5)39-29)22(18-36-23)17-24-27(37-24)20(2)21(3)31/h16,20,22-24,27-29H,7-15,17-18H2,1-6H3/b19-16+. The van der Waals surface area contributed by atoms with Crippen molar-refractivity contribution in [2.75, 3.05) is 20.3 Å². The predicted octanol–water partition coefficient (Wildman–Crippen LogP) is 4.69. The van der Waals surface area contributed by atoms with Gasteiger partial charge in [0.2, 0.25) is 0 Å². The minimum absolute atomic E-state index is 0.0248. The number of carbonyl (C=O) groups excluding carboxylic acids is 3. The second kappa shape index (κ2) is 14.7. The smallest absolute Gasteiger partial charge is 0.330 e. The fourth-order valence-corrected chi connectivity index (χ4v) is 5.57. The number of esters is 2. The Morgan fingerprint density at radius 2 is 1.64 bits per heavy atom. The first-order valence-electron chi connectivity index (χ1n) is 14.5. The van der Waals surface area contributed by atoms with E-state index in [0.29, 0.717) is 26.1 Å². The van der Waals surface area contributed by atoms with Crippen LogP contribution in [-0.2, 0) is 42.8 Å². The van der Waals surface area contributed by atoms with Gasteiger partial charge in [0.1, 0.15) is 11.9 Å². The van der Waals surface area contributed by atoms with Crippen LogP contribution in [0.15, 0.2) is 11.6 Å². The zero-order valence-corrected chi connectivity index (χ0v) is 24.6. The summed E-state index contributed by atoms with van der Waals surface area (Å²) >= 11 is 0. The van der Waals surface area contributed by atoms with Gasteiger partial charge >= 0.3 is 11.9 Å². The third-order valence-corrected chi connectivity index (χ3v) is 7.94. The molecule has 0 saturated carbocycles. The van der Waals surface area contributed by atoms with Crippen LogP contribution in [0.2, 0.25) is 0 Å². The van der Waals surface area contributed by atoms with Gasteiger partial charge in [-0.1, -0.05) is 38.2 Å². The van der Waals surface area contributed by atoms with Crippen molar-refractivity contribution >= 4 is 17.7 Å². The van der Waals surface area contributed by atoms with E-state index in [1.54, 1.807) is 13.0 Å². The van der Waals surface area contributed by atoms with E-state index < -0.39 is 5.79 Å². The average Bonchev–Trinajstić information content (AvgIpc) is 3.55. The number of hydrogen-bond donors (Lipinski definition) is 0. The van der Waals surface area contributed by atoms with E-state index >= 15 is 0 Å². The molecule has 222 valence electrons. The molecule has 0 aromatic carbocycles. The Bertz CT molecular complexity index is 866. The van der Waals surface area contributed by atoms with Crippen molar-refractivity contribution in [3.63, 3.8) is 0 Å². The van der Waals surface area contributed by atoms with Gasteiger partial charge < -0.3 is 28.4 Å². The normalized spacial score (nSPS) is 30.4. The van der Waals surface area contributed by atoms with Gasteiger partial charge in [0.05, 0.1) is 44.7 Å². The van der Waals surface area contributed by atoms with E-state index in [0.717, 1.165) is 50.5 Å². The molecule has 0 spiro atoms. The van der Waals surface area contributed by atoms with Crippen molar-refractivity contribution in [3.05, 3.63) is 11.6 Å². The fraction of sp³-hybridized carbons (Fsp3) is 0.833. The molecule has 3 aliphatic heterocycles. The Morgan fingerprint density at radius 3 is 2.33 bits per heavy atom. The van der Waals surface area contributed by atoms with Crippen molar-refractivity contribution in [2.45, 2.75) is 129 Å². The second-order valence-corrected chi connectivity index (χ2v) is 11.8. The summed E-state index contributed by atoms with van der Waals surface area (Å²) in [5.41, 5.74) is 0.877. The summed E-state index contributed by atoms with van der Waals surface area (Å²) in [6.45, 7) is 10.2. The number of methoxy groups -OCH3 is 1. The van der Waals surface area contributed by atoms with Crippen molar-refractivity contribution in [2.24, 2.45) is 11.8 Å². The lowest BCUT2D eigenvalue weighted by Gasteiger charge is -2.37. The molecule has 3 rings (SSSR count). The maximum atomic E-state index is 12.3. The molecule has 3 aliphatic rings. The molecule has 39 heavy (non-hydrogen) atoms. The van der Waals surface area contributed by atoms with Gasteiger partial charge in [-0.05, 0) is 53.4 Å². The Kier molecular flexibility index (Phi) is 12.0. The quantitative estimate of drug-likeness (QED) is 0.117. The first-order chi connectivity index (χ1) is 18.5. The molecule has 9 heteroatoms. The molecule has 0 aromatic rings. The number of carbonyl (C=O) groups is 3. The molecule has 0 amide bonds.